The first-order chi connectivity index (χ1) is 13.0. The second-order valence-electron chi connectivity index (χ2n) is 6.75. The molecule has 0 fully saturated rings. The van der Waals surface area contributed by atoms with Crippen LogP contribution < -0.4 is 9.64 Å². The number of nitrogens with zero attached hydrogens (tertiary/aromatic N) is 3. The molecule has 0 saturated heterocycles. The van der Waals surface area contributed by atoms with Crippen molar-refractivity contribution in [2.75, 3.05) is 18.6 Å². The maximum Gasteiger partial charge on any atom is 0.275 e. The Kier molecular flexibility index (Phi) is 4.18. The third-order valence-electron chi connectivity index (χ3n) is 4.94. The van der Waals surface area contributed by atoms with Gasteiger partial charge in [-0.25, -0.2) is 4.39 Å². The van der Waals surface area contributed by atoms with Gasteiger partial charge in [0.1, 0.15) is 5.69 Å². The van der Waals surface area contributed by atoms with Crippen molar-refractivity contribution in [3.63, 3.8) is 0 Å². The number of amides is 1. The molecule has 1 aliphatic rings. The highest BCUT2D eigenvalue weighted by atomic mass is 19.1. The summed E-state index contributed by atoms with van der Waals surface area (Å²) in [5.41, 5.74) is 3.97. The van der Waals surface area contributed by atoms with Crippen LogP contribution >= 0.6 is 0 Å². The van der Waals surface area contributed by atoms with Gasteiger partial charge >= 0.3 is 0 Å². The molecule has 0 aliphatic carbocycles. The molecule has 27 heavy (non-hydrogen) atoms. The number of aromatic nitrogens is 2. The van der Waals surface area contributed by atoms with E-state index in [4.69, 9.17) is 4.74 Å². The molecule has 5 nitrogen and oxygen atoms in total. The number of ether oxygens (including phenoxy) is 1. The highest BCUT2D eigenvalue weighted by Crippen LogP contribution is 2.35. The first-order valence-corrected chi connectivity index (χ1v) is 8.79. The summed E-state index contributed by atoms with van der Waals surface area (Å²) in [6.07, 6.45) is 3.69. The number of carbonyl (C=O) groups excluding carboxylic acids is 1. The summed E-state index contributed by atoms with van der Waals surface area (Å²) in [5, 5.41) is 0. The zero-order valence-corrected chi connectivity index (χ0v) is 15.4. The van der Waals surface area contributed by atoms with Gasteiger partial charge in [0.25, 0.3) is 5.91 Å². The number of hydrogen-bond donors (Lipinski definition) is 0. The zero-order chi connectivity index (χ0) is 19.1. The lowest BCUT2D eigenvalue weighted by Crippen LogP contribution is -2.42. The highest BCUT2D eigenvalue weighted by molar-refractivity contribution is 6.10. The fraction of sp³-hybridized carbons (Fsp3) is 0.238. The lowest BCUT2D eigenvalue weighted by atomic mass is 10.0. The second-order valence-corrected chi connectivity index (χ2v) is 6.75. The number of hydrogen-bond acceptors (Lipinski definition) is 3. The minimum absolute atomic E-state index is 0.0884. The Bertz CT molecular complexity index is 1030. The lowest BCUT2D eigenvalue weighted by Gasteiger charge is -2.33. The van der Waals surface area contributed by atoms with E-state index in [0.717, 1.165) is 16.8 Å². The Morgan fingerprint density at radius 2 is 2.04 bits per heavy atom. The summed E-state index contributed by atoms with van der Waals surface area (Å²) in [6, 6.07) is 10.4. The first kappa shape index (κ1) is 17.3. The number of anilines is 1. The van der Waals surface area contributed by atoms with E-state index >= 15 is 0 Å². The van der Waals surface area contributed by atoms with E-state index in [1.165, 1.54) is 13.2 Å². The maximum absolute atomic E-state index is 13.8. The summed E-state index contributed by atoms with van der Waals surface area (Å²) >= 11 is 0. The molecule has 0 unspecified atom stereocenters. The van der Waals surface area contributed by atoms with Crippen LogP contribution in [-0.4, -0.2) is 29.1 Å². The topological polar surface area (TPSA) is 47.4 Å². The lowest BCUT2D eigenvalue weighted by molar-refractivity contribution is 0.0958. The minimum atomic E-state index is -0.449. The van der Waals surface area contributed by atoms with Crippen LogP contribution in [0.25, 0.3) is 11.1 Å². The average molecular weight is 365 g/mol. The number of carbonyl (C=O) groups is 1. The Balaban J connectivity index is 1.80. The maximum atomic E-state index is 13.8. The van der Waals surface area contributed by atoms with Crippen molar-refractivity contribution in [3.8, 4) is 16.9 Å². The molecule has 1 amide bonds. The smallest absolute Gasteiger partial charge is 0.275 e. The Hall–Kier alpha value is -3.15. The van der Waals surface area contributed by atoms with Crippen LogP contribution in [0.3, 0.4) is 0 Å². The summed E-state index contributed by atoms with van der Waals surface area (Å²) in [7, 11) is 1.41. The number of pyridine rings is 1. The standard InChI is InChI=1S/C21H20FN3O2/c1-13-10-15(6-8-23-13)17-7-9-24-14(2)12-25(21(26)20(17)24)16-4-5-18(22)19(11-16)27-3/h4-11,14H,12H2,1-3H3/t14-/m0/s1. The number of rotatable bonds is 3. The van der Waals surface area contributed by atoms with Crippen LogP contribution in [0.1, 0.15) is 29.1 Å². The van der Waals surface area contributed by atoms with Gasteiger partial charge in [-0.2, -0.15) is 0 Å². The first-order valence-electron chi connectivity index (χ1n) is 8.79. The Morgan fingerprint density at radius 1 is 1.22 bits per heavy atom. The highest BCUT2D eigenvalue weighted by Gasteiger charge is 2.32. The summed E-state index contributed by atoms with van der Waals surface area (Å²) in [4.78, 5) is 19.3. The molecule has 0 spiro atoms. The third-order valence-corrected chi connectivity index (χ3v) is 4.94. The van der Waals surface area contributed by atoms with E-state index in [1.807, 2.05) is 35.9 Å². The van der Waals surface area contributed by atoms with Gasteiger partial charge in [-0.05, 0) is 49.7 Å². The molecule has 0 N–H and O–H groups in total. The number of fused-ring (bicyclic) bond motifs is 1. The molecule has 1 aliphatic heterocycles. The van der Waals surface area contributed by atoms with E-state index in [-0.39, 0.29) is 17.7 Å². The third kappa shape index (κ3) is 2.87. The van der Waals surface area contributed by atoms with E-state index in [0.29, 0.717) is 17.9 Å². The van der Waals surface area contributed by atoms with Crippen LogP contribution in [0.4, 0.5) is 10.1 Å². The molecule has 1 aromatic carbocycles. The van der Waals surface area contributed by atoms with Crippen LogP contribution in [-0.2, 0) is 0 Å². The molecular weight excluding hydrogens is 345 g/mol. The molecule has 138 valence electrons. The van der Waals surface area contributed by atoms with E-state index in [1.54, 1.807) is 23.2 Å². The molecule has 0 bridgehead atoms. The van der Waals surface area contributed by atoms with Crippen molar-refractivity contribution >= 4 is 11.6 Å². The quantitative estimate of drug-likeness (QED) is 0.698. The zero-order valence-electron chi connectivity index (χ0n) is 15.4. The van der Waals surface area contributed by atoms with Crippen LogP contribution in [0, 0.1) is 12.7 Å². The van der Waals surface area contributed by atoms with Crippen molar-refractivity contribution in [1.29, 1.82) is 0 Å². The number of aryl methyl sites for hydroxylation is 1. The van der Waals surface area contributed by atoms with Crippen LogP contribution in [0.2, 0.25) is 0 Å². The van der Waals surface area contributed by atoms with Crippen molar-refractivity contribution < 1.29 is 13.9 Å². The van der Waals surface area contributed by atoms with E-state index < -0.39 is 5.82 Å². The van der Waals surface area contributed by atoms with Gasteiger partial charge in [0.2, 0.25) is 0 Å². The summed E-state index contributed by atoms with van der Waals surface area (Å²) in [5.74, 6) is -0.440. The van der Waals surface area contributed by atoms with Crippen molar-refractivity contribution in [2.24, 2.45) is 0 Å². The molecule has 6 heteroatoms. The number of benzene rings is 1. The predicted octanol–water partition coefficient (Wildman–Crippen LogP) is 4.23. The van der Waals surface area contributed by atoms with Crippen LogP contribution in [0.5, 0.6) is 5.75 Å². The van der Waals surface area contributed by atoms with Gasteiger partial charge in [0, 0.05) is 48.0 Å². The molecular formula is C21H20FN3O2. The van der Waals surface area contributed by atoms with Crippen molar-refractivity contribution in [3.05, 3.63) is 66.0 Å². The molecule has 3 aromatic rings. The fourth-order valence-electron chi connectivity index (χ4n) is 3.59. The monoisotopic (exact) mass is 365 g/mol. The number of halogens is 1. The number of methoxy groups -OCH3 is 1. The molecule has 4 rings (SSSR count). The molecule has 0 radical (unpaired) electrons. The SMILES string of the molecule is COc1cc(N2C[C@H](C)n3ccc(-c4ccnc(C)c4)c3C2=O)ccc1F. The molecule has 3 heterocycles. The van der Waals surface area contributed by atoms with Crippen molar-refractivity contribution in [1.82, 2.24) is 9.55 Å². The normalized spacial score (nSPS) is 16.4. The molecule has 2 aromatic heterocycles. The van der Waals surface area contributed by atoms with Gasteiger partial charge in [0.05, 0.1) is 7.11 Å². The molecule has 1 atom stereocenters. The van der Waals surface area contributed by atoms with E-state index in [9.17, 15) is 9.18 Å². The van der Waals surface area contributed by atoms with Gasteiger partial charge in [-0.1, -0.05) is 0 Å². The summed E-state index contributed by atoms with van der Waals surface area (Å²) < 4.78 is 20.9. The fourth-order valence-corrected chi connectivity index (χ4v) is 3.59. The second kappa shape index (κ2) is 6.54. The van der Waals surface area contributed by atoms with Gasteiger partial charge in [0.15, 0.2) is 11.6 Å². The largest absolute Gasteiger partial charge is 0.494 e. The average Bonchev–Trinajstić information content (AvgIpc) is 3.11. The summed E-state index contributed by atoms with van der Waals surface area (Å²) in [6.45, 7) is 4.49. The van der Waals surface area contributed by atoms with Gasteiger partial charge in [-0.3, -0.25) is 9.78 Å². The Labute approximate surface area is 157 Å². The Morgan fingerprint density at radius 3 is 2.78 bits per heavy atom. The van der Waals surface area contributed by atoms with Crippen LogP contribution in [0.15, 0.2) is 48.8 Å². The predicted molar refractivity (Wildman–Crippen MR) is 102 cm³/mol. The van der Waals surface area contributed by atoms with Gasteiger partial charge in [-0.15, -0.1) is 0 Å². The van der Waals surface area contributed by atoms with Crippen molar-refractivity contribution in [2.45, 2.75) is 19.9 Å². The molecule has 0 saturated carbocycles. The van der Waals surface area contributed by atoms with Gasteiger partial charge < -0.3 is 14.2 Å². The van der Waals surface area contributed by atoms with E-state index in [2.05, 4.69) is 11.9 Å². The minimum Gasteiger partial charge on any atom is -0.494 e.